The number of rotatable bonds is 1. The first-order valence-electron chi connectivity index (χ1n) is 6.05. The highest BCUT2D eigenvalue weighted by Gasteiger charge is 2.25. The van der Waals surface area contributed by atoms with Gasteiger partial charge in [0.25, 0.3) is 0 Å². The monoisotopic (exact) mass is 246 g/mol. The molecule has 4 nitrogen and oxygen atoms in total. The van der Waals surface area contributed by atoms with E-state index in [1.54, 1.807) is 6.07 Å². The zero-order valence-corrected chi connectivity index (χ0v) is 10.2. The van der Waals surface area contributed by atoms with Crippen molar-refractivity contribution >= 4 is 16.9 Å². The maximum atomic E-state index is 13.8. The molecule has 0 radical (unpaired) electrons. The van der Waals surface area contributed by atoms with Crippen molar-refractivity contribution in [2.75, 3.05) is 25.9 Å². The number of likely N-dealkylation sites (tertiary alicyclic amines) is 1. The minimum atomic E-state index is -0.339. The third-order valence-corrected chi connectivity index (χ3v) is 3.50. The van der Waals surface area contributed by atoms with Gasteiger partial charge in [0.05, 0.1) is 5.69 Å². The predicted molar refractivity (Wildman–Crippen MR) is 68.8 cm³/mol. The molecule has 1 aliphatic heterocycles. The molecule has 18 heavy (non-hydrogen) atoms. The lowest BCUT2D eigenvalue weighted by molar-refractivity contribution is 0.411. The molecular weight excluding hydrogens is 231 g/mol. The molecule has 2 aromatic rings. The Bertz CT molecular complexity index is 599. The molecule has 0 aliphatic carbocycles. The molecule has 2 N–H and O–H groups in total. The lowest BCUT2D eigenvalue weighted by atomic mass is 10.00. The van der Waals surface area contributed by atoms with Crippen LogP contribution >= 0.6 is 0 Å². The number of nitrogens with two attached hydrogens (primary N) is 1. The Balaban J connectivity index is 2.19. The minimum absolute atomic E-state index is 0.150. The number of fused-ring (bicyclic) bond motifs is 1. The second-order valence-electron chi connectivity index (χ2n) is 4.85. The van der Waals surface area contributed by atoms with Gasteiger partial charge in [0.2, 0.25) is 5.95 Å². The van der Waals surface area contributed by atoms with Crippen molar-refractivity contribution in [3.63, 3.8) is 0 Å². The fraction of sp³-hybridized carbons (Fsp3) is 0.385. The molecule has 1 atom stereocenters. The summed E-state index contributed by atoms with van der Waals surface area (Å²) in [5.74, 6) is 0.121. The van der Waals surface area contributed by atoms with Gasteiger partial charge in [-0.3, -0.25) is 0 Å². The fourth-order valence-corrected chi connectivity index (χ4v) is 2.63. The summed E-state index contributed by atoms with van der Waals surface area (Å²) in [5.41, 5.74) is 6.90. The Morgan fingerprint density at radius 3 is 2.94 bits per heavy atom. The largest absolute Gasteiger partial charge is 0.368 e. The van der Waals surface area contributed by atoms with Crippen LogP contribution < -0.4 is 5.73 Å². The number of likely N-dealkylation sites (N-methyl/N-ethyl adjacent to an activating group) is 1. The topological polar surface area (TPSA) is 55.0 Å². The van der Waals surface area contributed by atoms with E-state index >= 15 is 0 Å². The van der Waals surface area contributed by atoms with Gasteiger partial charge in [-0.2, -0.15) is 0 Å². The molecule has 1 aliphatic rings. The average molecular weight is 246 g/mol. The molecule has 3 rings (SSSR count). The zero-order chi connectivity index (χ0) is 12.7. The SMILES string of the molecule is CN1CCC(c2nc(N)nc3c(F)cccc23)C1. The first-order valence-corrected chi connectivity index (χ1v) is 6.05. The highest BCUT2D eigenvalue weighted by atomic mass is 19.1. The quantitative estimate of drug-likeness (QED) is 0.833. The molecule has 0 spiro atoms. The first kappa shape index (κ1) is 11.3. The van der Waals surface area contributed by atoms with E-state index in [-0.39, 0.29) is 11.8 Å². The van der Waals surface area contributed by atoms with Crippen LogP contribution in [0.15, 0.2) is 18.2 Å². The van der Waals surface area contributed by atoms with Gasteiger partial charge in [-0.1, -0.05) is 12.1 Å². The van der Waals surface area contributed by atoms with Crippen LogP contribution in [-0.4, -0.2) is 35.0 Å². The minimum Gasteiger partial charge on any atom is -0.368 e. The normalized spacial score (nSPS) is 20.7. The summed E-state index contributed by atoms with van der Waals surface area (Å²) < 4.78 is 13.8. The van der Waals surface area contributed by atoms with Crippen LogP contribution in [0.3, 0.4) is 0 Å². The van der Waals surface area contributed by atoms with Gasteiger partial charge in [0.15, 0.2) is 0 Å². The molecule has 1 fully saturated rings. The maximum absolute atomic E-state index is 13.8. The molecule has 0 saturated carbocycles. The Morgan fingerprint density at radius 1 is 1.39 bits per heavy atom. The summed E-state index contributed by atoms with van der Waals surface area (Å²) in [6.45, 7) is 1.97. The third kappa shape index (κ3) is 1.80. The number of benzene rings is 1. The number of nitrogens with zero attached hydrogens (tertiary/aromatic N) is 3. The summed E-state index contributed by atoms with van der Waals surface area (Å²) in [5, 5.41) is 0.782. The van der Waals surface area contributed by atoms with Gasteiger partial charge >= 0.3 is 0 Å². The number of aromatic nitrogens is 2. The van der Waals surface area contributed by atoms with Crippen LogP contribution in [0.5, 0.6) is 0 Å². The molecule has 1 aromatic carbocycles. The molecule has 1 saturated heterocycles. The van der Waals surface area contributed by atoms with Gasteiger partial charge in [-0.25, -0.2) is 14.4 Å². The molecule has 94 valence electrons. The number of halogens is 1. The van der Waals surface area contributed by atoms with Gasteiger partial charge in [-0.05, 0) is 26.1 Å². The molecule has 0 amide bonds. The fourth-order valence-electron chi connectivity index (χ4n) is 2.63. The van der Waals surface area contributed by atoms with Crippen LogP contribution in [0.1, 0.15) is 18.0 Å². The van der Waals surface area contributed by atoms with E-state index in [1.807, 2.05) is 6.07 Å². The number of hydrogen-bond acceptors (Lipinski definition) is 4. The zero-order valence-electron chi connectivity index (χ0n) is 10.2. The lowest BCUT2D eigenvalue weighted by Crippen LogP contribution is -2.14. The molecule has 1 unspecified atom stereocenters. The van der Waals surface area contributed by atoms with E-state index in [4.69, 9.17) is 5.73 Å². The smallest absolute Gasteiger partial charge is 0.220 e. The summed E-state index contributed by atoms with van der Waals surface area (Å²) in [4.78, 5) is 10.6. The van der Waals surface area contributed by atoms with Crippen molar-refractivity contribution in [2.45, 2.75) is 12.3 Å². The van der Waals surface area contributed by atoms with Crippen molar-refractivity contribution in [3.8, 4) is 0 Å². The highest BCUT2D eigenvalue weighted by molar-refractivity contribution is 5.82. The Morgan fingerprint density at radius 2 is 2.22 bits per heavy atom. The van der Waals surface area contributed by atoms with Gasteiger partial charge in [0, 0.05) is 17.8 Å². The molecule has 0 bridgehead atoms. The molecule has 2 heterocycles. The lowest BCUT2D eigenvalue weighted by Gasteiger charge is -2.13. The Kier molecular flexibility index (Phi) is 2.63. The van der Waals surface area contributed by atoms with E-state index < -0.39 is 0 Å². The molecular formula is C13H15FN4. The first-order chi connectivity index (χ1) is 8.65. The molecule has 5 heteroatoms. The van der Waals surface area contributed by atoms with Gasteiger partial charge in [-0.15, -0.1) is 0 Å². The van der Waals surface area contributed by atoms with Crippen LogP contribution in [0.25, 0.3) is 10.9 Å². The van der Waals surface area contributed by atoms with Crippen molar-refractivity contribution in [1.82, 2.24) is 14.9 Å². The standard InChI is InChI=1S/C13H15FN4/c1-18-6-5-8(7-18)11-9-3-2-4-10(14)12(9)17-13(15)16-11/h2-4,8H,5-7H2,1H3,(H2,15,16,17). The van der Waals surface area contributed by atoms with Crippen LogP contribution in [0, 0.1) is 5.82 Å². The summed E-state index contributed by atoms with van der Waals surface area (Å²) in [6, 6.07) is 4.96. The maximum Gasteiger partial charge on any atom is 0.220 e. The molecule has 1 aromatic heterocycles. The van der Waals surface area contributed by atoms with Crippen LogP contribution in [0.4, 0.5) is 10.3 Å². The van der Waals surface area contributed by atoms with Crippen LogP contribution in [0.2, 0.25) is 0 Å². The number of anilines is 1. The second kappa shape index (κ2) is 4.17. The number of para-hydroxylation sites is 1. The Hall–Kier alpha value is -1.75. The van der Waals surface area contributed by atoms with Crippen LogP contribution in [-0.2, 0) is 0 Å². The van der Waals surface area contributed by atoms with Crippen molar-refractivity contribution in [2.24, 2.45) is 0 Å². The van der Waals surface area contributed by atoms with E-state index in [1.165, 1.54) is 6.07 Å². The summed E-state index contributed by atoms with van der Waals surface area (Å²) in [7, 11) is 2.08. The second-order valence-corrected chi connectivity index (χ2v) is 4.85. The third-order valence-electron chi connectivity index (χ3n) is 3.50. The van der Waals surface area contributed by atoms with Crippen molar-refractivity contribution in [1.29, 1.82) is 0 Å². The van der Waals surface area contributed by atoms with E-state index in [0.29, 0.717) is 11.4 Å². The van der Waals surface area contributed by atoms with Gasteiger partial charge in [0.1, 0.15) is 11.3 Å². The Labute approximate surface area is 105 Å². The summed E-state index contributed by atoms with van der Waals surface area (Å²) >= 11 is 0. The summed E-state index contributed by atoms with van der Waals surface area (Å²) in [6.07, 6.45) is 1.03. The number of hydrogen-bond donors (Lipinski definition) is 1. The van der Waals surface area contributed by atoms with E-state index in [2.05, 4.69) is 21.9 Å². The highest BCUT2D eigenvalue weighted by Crippen LogP contribution is 2.31. The van der Waals surface area contributed by atoms with Crippen molar-refractivity contribution < 1.29 is 4.39 Å². The average Bonchev–Trinajstić information content (AvgIpc) is 2.76. The van der Waals surface area contributed by atoms with E-state index in [0.717, 1.165) is 30.6 Å². The predicted octanol–water partition coefficient (Wildman–Crippen LogP) is 1.77. The van der Waals surface area contributed by atoms with E-state index in [9.17, 15) is 4.39 Å². The van der Waals surface area contributed by atoms with Crippen molar-refractivity contribution in [3.05, 3.63) is 29.7 Å². The number of nitrogen functional groups attached to an aromatic ring is 1. The van der Waals surface area contributed by atoms with Gasteiger partial charge < -0.3 is 10.6 Å².